The van der Waals surface area contributed by atoms with Gasteiger partial charge in [0, 0.05) is 11.9 Å². The van der Waals surface area contributed by atoms with Gasteiger partial charge >= 0.3 is 6.09 Å². The lowest BCUT2D eigenvalue weighted by Gasteiger charge is -2.12. The number of hydrogen-bond acceptors (Lipinski definition) is 2. The summed E-state index contributed by atoms with van der Waals surface area (Å²) in [4.78, 5) is 12.3. The van der Waals surface area contributed by atoms with Crippen LogP contribution in [-0.4, -0.2) is 6.09 Å². The molecule has 3 aromatic rings. The van der Waals surface area contributed by atoms with E-state index in [-0.39, 0.29) is 0 Å². The average Bonchev–Trinajstić information content (AvgIpc) is 2.68. The Labute approximate surface area is 155 Å². The summed E-state index contributed by atoms with van der Waals surface area (Å²) in [6.45, 7) is 4.60. The van der Waals surface area contributed by atoms with Crippen molar-refractivity contribution in [2.24, 2.45) is 0 Å². The number of hydrogen-bond donors (Lipinski definition) is 1. The second-order valence-electron chi connectivity index (χ2n) is 6.60. The van der Waals surface area contributed by atoms with Gasteiger partial charge in [0.05, 0.1) is 0 Å². The van der Waals surface area contributed by atoms with Gasteiger partial charge < -0.3 is 10.1 Å². The van der Waals surface area contributed by atoms with E-state index in [4.69, 9.17) is 4.74 Å². The molecule has 0 heterocycles. The quantitative estimate of drug-likeness (QED) is 0.614. The molecule has 0 bridgehead atoms. The topological polar surface area (TPSA) is 38.3 Å². The number of carbonyl (C=O) groups is 1. The SMILES string of the molecule is CCCCc1ccc(CNC(=O)Oc2c(C)ccc3ccccc23)cc1. The predicted octanol–water partition coefficient (Wildman–Crippen LogP) is 5.78. The molecule has 0 unspecified atom stereocenters. The minimum atomic E-state index is -0.431. The molecule has 0 aliphatic carbocycles. The molecule has 0 saturated carbocycles. The molecule has 3 rings (SSSR count). The van der Waals surface area contributed by atoms with E-state index in [1.54, 1.807) is 0 Å². The normalized spacial score (nSPS) is 10.7. The van der Waals surface area contributed by atoms with Crippen LogP contribution in [0.2, 0.25) is 0 Å². The number of amides is 1. The van der Waals surface area contributed by atoms with Crippen LogP contribution in [0.15, 0.2) is 60.7 Å². The van der Waals surface area contributed by atoms with E-state index in [1.165, 1.54) is 18.4 Å². The fourth-order valence-electron chi connectivity index (χ4n) is 3.00. The third-order valence-corrected chi connectivity index (χ3v) is 4.55. The van der Waals surface area contributed by atoms with Crippen molar-refractivity contribution in [3.8, 4) is 5.75 Å². The number of nitrogens with one attached hydrogen (secondary N) is 1. The summed E-state index contributed by atoms with van der Waals surface area (Å²) in [5.74, 6) is 0.621. The Bertz CT molecular complexity index is 884. The molecule has 0 aliphatic rings. The van der Waals surface area contributed by atoms with Crippen LogP contribution in [-0.2, 0) is 13.0 Å². The molecule has 1 amide bonds. The summed E-state index contributed by atoms with van der Waals surface area (Å²) in [5.41, 5.74) is 3.35. The van der Waals surface area contributed by atoms with Crippen molar-refractivity contribution in [1.82, 2.24) is 5.32 Å². The molecular formula is C23H25NO2. The Morgan fingerprint density at radius 1 is 0.962 bits per heavy atom. The lowest BCUT2D eigenvalue weighted by Crippen LogP contribution is -2.26. The van der Waals surface area contributed by atoms with Crippen LogP contribution in [0.1, 0.15) is 36.5 Å². The van der Waals surface area contributed by atoms with E-state index in [2.05, 4.69) is 36.5 Å². The Morgan fingerprint density at radius 3 is 2.46 bits per heavy atom. The van der Waals surface area contributed by atoms with Gasteiger partial charge in [-0.25, -0.2) is 4.79 Å². The zero-order valence-electron chi connectivity index (χ0n) is 15.4. The number of benzene rings is 3. The zero-order valence-corrected chi connectivity index (χ0v) is 15.4. The molecule has 0 spiro atoms. The van der Waals surface area contributed by atoms with Crippen LogP contribution in [0.3, 0.4) is 0 Å². The van der Waals surface area contributed by atoms with Gasteiger partial charge in [0.2, 0.25) is 0 Å². The van der Waals surface area contributed by atoms with Crippen molar-refractivity contribution >= 4 is 16.9 Å². The largest absolute Gasteiger partial charge is 0.412 e. The van der Waals surface area contributed by atoms with E-state index >= 15 is 0 Å². The first-order valence-electron chi connectivity index (χ1n) is 9.19. The number of fused-ring (bicyclic) bond motifs is 1. The maximum Gasteiger partial charge on any atom is 0.412 e. The summed E-state index contributed by atoms with van der Waals surface area (Å²) in [7, 11) is 0. The van der Waals surface area contributed by atoms with E-state index in [1.807, 2.05) is 43.3 Å². The van der Waals surface area contributed by atoms with Gasteiger partial charge in [0.1, 0.15) is 5.75 Å². The Balaban J connectivity index is 1.62. The standard InChI is InChI=1S/C23H25NO2/c1-3-4-7-18-11-13-19(14-12-18)16-24-23(25)26-22-17(2)10-15-20-8-5-6-9-21(20)22/h5-6,8-15H,3-4,7,16H2,1-2H3,(H,24,25). The number of unbranched alkanes of at least 4 members (excludes halogenated alkanes) is 1. The third kappa shape index (κ3) is 4.42. The highest BCUT2D eigenvalue weighted by atomic mass is 16.6. The van der Waals surface area contributed by atoms with E-state index in [0.29, 0.717) is 12.3 Å². The van der Waals surface area contributed by atoms with Gasteiger partial charge in [0.15, 0.2) is 0 Å². The summed E-state index contributed by atoms with van der Waals surface area (Å²) in [6.07, 6.45) is 3.07. The summed E-state index contributed by atoms with van der Waals surface area (Å²) in [6, 6.07) is 20.3. The van der Waals surface area contributed by atoms with Crippen molar-refractivity contribution in [1.29, 1.82) is 0 Å². The summed E-state index contributed by atoms with van der Waals surface area (Å²) >= 11 is 0. The highest BCUT2D eigenvalue weighted by molar-refractivity contribution is 5.91. The maximum absolute atomic E-state index is 12.3. The van der Waals surface area contributed by atoms with Crippen LogP contribution in [0, 0.1) is 6.92 Å². The minimum Gasteiger partial charge on any atom is -0.409 e. The van der Waals surface area contributed by atoms with E-state index < -0.39 is 6.09 Å². The molecule has 0 fully saturated rings. The molecule has 0 saturated heterocycles. The summed E-state index contributed by atoms with van der Waals surface area (Å²) < 4.78 is 5.61. The molecule has 0 radical (unpaired) electrons. The van der Waals surface area contributed by atoms with E-state index in [0.717, 1.165) is 28.3 Å². The minimum absolute atomic E-state index is 0.431. The molecule has 134 valence electrons. The molecule has 0 aromatic heterocycles. The van der Waals surface area contributed by atoms with Crippen molar-refractivity contribution in [3.05, 3.63) is 77.4 Å². The smallest absolute Gasteiger partial charge is 0.409 e. The van der Waals surface area contributed by atoms with Crippen LogP contribution in [0.4, 0.5) is 4.79 Å². The molecule has 3 heteroatoms. The van der Waals surface area contributed by atoms with Gasteiger partial charge in [-0.3, -0.25) is 0 Å². The second-order valence-corrected chi connectivity index (χ2v) is 6.60. The molecule has 1 N–H and O–H groups in total. The third-order valence-electron chi connectivity index (χ3n) is 4.55. The van der Waals surface area contributed by atoms with Crippen LogP contribution in [0.5, 0.6) is 5.75 Å². The van der Waals surface area contributed by atoms with Gasteiger partial charge in [-0.05, 0) is 41.8 Å². The fraction of sp³-hybridized carbons (Fsp3) is 0.261. The zero-order chi connectivity index (χ0) is 18.4. The van der Waals surface area contributed by atoms with Crippen molar-refractivity contribution < 1.29 is 9.53 Å². The number of ether oxygens (including phenoxy) is 1. The predicted molar refractivity (Wildman–Crippen MR) is 107 cm³/mol. The monoisotopic (exact) mass is 347 g/mol. The maximum atomic E-state index is 12.3. The van der Waals surface area contributed by atoms with Crippen molar-refractivity contribution in [3.63, 3.8) is 0 Å². The molecule has 26 heavy (non-hydrogen) atoms. The Hall–Kier alpha value is -2.81. The van der Waals surface area contributed by atoms with Gasteiger partial charge in [-0.2, -0.15) is 0 Å². The number of carbonyl (C=O) groups excluding carboxylic acids is 1. The molecular weight excluding hydrogens is 322 g/mol. The Kier molecular flexibility index (Phi) is 5.90. The van der Waals surface area contributed by atoms with Gasteiger partial charge in [-0.1, -0.05) is 74.0 Å². The van der Waals surface area contributed by atoms with Gasteiger partial charge in [0.25, 0.3) is 0 Å². The van der Waals surface area contributed by atoms with Crippen LogP contribution < -0.4 is 10.1 Å². The highest BCUT2D eigenvalue weighted by Crippen LogP contribution is 2.29. The lowest BCUT2D eigenvalue weighted by atomic mass is 10.1. The van der Waals surface area contributed by atoms with Crippen LogP contribution >= 0.6 is 0 Å². The highest BCUT2D eigenvalue weighted by Gasteiger charge is 2.10. The first-order valence-corrected chi connectivity index (χ1v) is 9.19. The van der Waals surface area contributed by atoms with Crippen molar-refractivity contribution in [2.45, 2.75) is 39.7 Å². The Morgan fingerprint density at radius 2 is 1.69 bits per heavy atom. The first-order chi connectivity index (χ1) is 12.7. The summed E-state index contributed by atoms with van der Waals surface area (Å²) in [5, 5.41) is 4.85. The molecule has 0 atom stereocenters. The van der Waals surface area contributed by atoms with Gasteiger partial charge in [-0.15, -0.1) is 0 Å². The first kappa shape index (κ1) is 18.0. The molecule has 0 aliphatic heterocycles. The lowest BCUT2D eigenvalue weighted by molar-refractivity contribution is 0.200. The van der Waals surface area contributed by atoms with E-state index in [9.17, 15) is 4.79 Å². The number of aryl methyl sites for hydroxylation is 2. The molecule has 3 nitrogen and oxygen atoms in total. The molecule has 3 aromatic carbocycles. The number of rotatable bonds is 6. The van der Waals surface area contributed by atoms with Crippen molar-refractivity contribution in [2.75, 3.05) is 0 Å². The second kappa shape index (κ2) is 8.52. The van der Waals surface area contributed by atoms with Crippen LogP contribution in [0.25, 0.3) is 10.8 Å². The fourth-order valence-corrected chi connectivity index (χ4v) is 3.00. The average molecular weight is 347 g/mol.